The van der Waals surface area contributed by atoms with Crippen LogP contribution in [0.25, 0.3) is 0 Å². The van der Waals surface area contributed by atoms with Gasteiger partial charge in [-0.05, 0) is 27.2 Å². The van der Waals surface area contributed by atoms with Gasteiger partial charge in [-0.2, -0.15) is 0 Å². The van der Waals surface area contributed by atoms with E-state index in [1.807, 2.05) is 26.8 Å². The standard InChI is InChI=1S/C18H23NO5/c1-6-10(2)7-8-13(20)24-17-15(19-4)14-12(9-23-18(14)21)11(3)16(17)22-5/h6,19H,7-9H2,1-5H3. The highest BCUT2D eigenvalue weighted by atomic mass is 16.6. The Morgan fingerprint density at radius 3 is 2.62 bits per heavy atom. The summed E-state index contributed by atoms with van der Waals surface area (Å²) in [7, 11) is 3.17. The zero-order chi connectivity index (χ0) is 17.9. The largest absolute Gasteiger partial charge is 0.492 e. The monoisotopic (exact) mass is 333 g/mol. The molecule has 0 radical (unpaired) electrons. The van der Waals surface area contributed by atoms with E-state index in [1.165, 1.54) is 7.11 Å². The first kappa shape index (κ1) is 17.8. The van der Waals surface area contributed by atoms with Gasteiger partial charge in [-0.25, -0.2) is 4.79 Å². The van der Waals surface area contributed by atoms with E-state index >= 15 is 0 Å². The van der Waals surface area contributed by atoms with E-state index < -0.39 is 5.97 Å². The quantitative estimate of drug-likeness (QED) is 0.489. The summed E-state index contributed by atoms with van der Waals surface area (Å²) in [5.74, 6) is -0.135. The number of nitrogens with one attached hydrogen (secondary N) is 1. The average Bonchev–Trinajstić information content (AvgIpc) is 2.95. The normalized spacial score (nSPS) is 13.4. The Bertz CT molecular complexity index is 706. The van der Waals surface area contributed by atoms with Crippen molar-refractivity contribution < 1.29 is 23.8 Å². The van der Waals surface area contributed by atoms with Crippen LogP contribution < -0.4 is 14.8 Å². The van der Waals surface area contributed by atoms with Gasteiger partial charge in [0.15, 0.2) is 11.5 Å². The van der Waals surface area contributed by atoms with Gasteiger partial charge in [0, 0.05) is 24.6 Å². The molecule has 1 heterocycles. The Hall–Kier alpha value is -2.50. The van der Waals surface area contributed by atoms with E-state index in [1.54, 1.807) is 7.05 Å². The lowest BCUT2D eigenvalue weighted by atomic mass is 9.99. The maximum atomic E-state index is 12.2. The van der Waals surface area contributed by atoms with Crippen LogP contribution in [0.1, 0.15) is 48.2 Å². The molecule has 1 aromatic rings. The Labute approximate surface area is 141 Å². The highest BCUT2D eigenvalue weighted by molar-refractivity contribution is 6.02. The number of carbonyl (C=O) groups excluding carboxylic acids is 2. The van der Waals surface area contributed by atoms with Crippen molar-refractivity contribution in [2.24, 2.45) is 0 Å². The molecule has 0 atom stereocenters. The summed E-state index contributed by atoms with van der Waals surface area (Å²) in [5, 5.41) is 2.94. The smallest absolute Gasteiger partial charge is 0.341 e. The van der Waals surface area contributed by atoms with Crippen molar-refractivity contribution in [3.8, 4) is 11.5 Å². The molecule has 0 unspecified atom stereocenters. The number of hydrogen-bond donors (Lipinski definition) is 1. The molecule has 0 spiro atoms. The third-order valence-corrected chi connectivity index (χ3v) is 4.22. The van der Waals surface area contributed by atoms with Crippen molar-refractivity contribution in [2.45, 2.75) is 40.2 Å². The van der Waals surface area contributed by atoms with Crippen molar-refractivity contribution in [1.82, 2.24) is 0 Å². The zero-order valence-corrected chi connectivity index (χ0v) is 14.7. The average molecular weight is 333 g/mol. The molecule has 0 fully saturated rings. The Kier molecular flexibility index (Phi) is 5.49. The number of allylic oxidation sites excluding steroid dienone is 2. The minimum absolute atomic E-state index is 0.194. The number of rotatable bonds is 6. The lowest BCUT2D eigenvalue weighted by molar-refractivity contribution is -0.134. The highest BCUT2D eigenvalue weighted by Gasteiger charge is 2.33. The Morgan fingerprint density at radius 2 is 2.04 bits per heavy atom. The summed E-state index contributed by atoms with van der Waals surface area (Å²) in [5.41, 5.74) is 3.44. The molecule has 0 aliphatic carbocycles. The summed E-state index contributed by atoms with van der Waals surface area (Å²) in [6, 6.07) is 0. The molecule has 1 N–H and O–H groups in total. The van der Waals surface area contributed by atoms with E-state index in [9.17, 15) is 9.59 Å². The molecule has 0 aromatic heterocycles. The van der Waals surface area contributed by atoms with Gasteiger partial charge in [0.25, 0.3) is 0 Å². The molecule has 1 aliphatic heterocycles. The molecule has 0 saturated heterocycles. The second-order valence-electron chi connectivity index (χ2n) is 5.65. The number of methoxy groups -OCH3 is 1. The first-order chi connectivity index (χ1) is 11.4. The van der Waals surface area contributed by atoms with Gasteiger partial charge in [-0.3, -0.25) is 4.79 Å². The van der Waals surface area contributed by atoms with Crippen molar-refractivity contribution in [3.05, 3.63) is 28.3 Å². The van der Waals surface area contributed by atoms with Crippen LogP contribution in [0.2, 0.25) is 0 Å². The number of cyclic esters (lactones) is 1. The maximum absolute atomic E-state index is 12.2. The molecule has 24 heavy (non-hydrogen) atoms. The van der Waals surface area contributed by atoms with Gasteiger partial charge in [0.1, 0.15) is 6.61 Å². The third-order valence-electron chi connectivity index (χ3n) is 4.22. The van der Waals surface area contributed by atoms with E-state index in [0.29, 0.717) is 23.4 Å². The van der Waals surface area contributed by atoms with E-state index in [4.69, 9.17) is 14.2 Å². The molecule has 130 valence electrons. The second-order valence-corrected chi connectivity index (χ2v) is 5.65. The van der Waals surface area contributed by atoms with Crippen molar-refractivity contribution in [2.75, 3.05) is 19.5 Å². The van der Waals surface area contributed by atoms with Gasteiger partial charge < -0.3 is 19.5 Å². The third kappa shape index (κ3) is 3.22. The summed E-state index contributed by atoms with van der Waals surface area (Å²) in [4.78, 5) is 24.3. The topological polar surface area (TPSA) is 73.9 Å². The van der Waals surface area contributed by atoms with E-state index in [-0.39, 0.29) is 24.7 Å². The zero-order valence-electron chi connectivity index (χ0n) is 14.7. The summed E-state index contributed by atoms with van der Waals surface area (Å²) < 4.78 is 16.1. The summed E-state index contributed by atoms with van der Waals surface area (Å²) in [6.45, 7) is 5.90. The maximum Gasteiger partial charge on any atom is 0.341 e. The van der Waals surface area contributed by atoms with Gasteiger partial charge in [-0.1, -0.05) is 11.6 Å². The molecule has 0 bridgehead atoms. The fourth-order valence-corrected chi connectivity index (χ4v) is 2.68. The summed E-state index contributed by atoms with van der Waals surface area (Å²) in [6.07, 6.45) is 2.84. The molecule has 0 saturated carbocycles. The van der Waals surface area contributed by atoms with Crippen molar-refractivity contribution in [3.63, 3.8) is 0 Å². The molecule has 6 nitrogen and oxygen atoms in total. The van der Waals surface area contributed by atoms with E-state index in [0.717, 1.165) is 16.7 Å². The molecule has 1 aliphatic rings. The van der Waals surface area contributed by atoms with Gasteiger partial charge in [-0.15, -0.1) is 0 Å². The van der Waals surface area contributed by atoms with Crippen LogP contribution in [-0.4, -0.2) is 26.1 Å². The lowest BCUT2D eigenvalue weighted by Crippen LogP contribution is -2.13. The fraction of sp³-hybridized carbons (Fsp3) is 0.444. The van der Waals surface area contributed by atoms with Gasteiger partial charge >= 0.3 is 11.9 Å². The van der Waals surface area contributed by atoms with Crippen LogP contribution in [0.5, 0.6) is 11.5 Å². The molecular formula is C18H23NO5. The number of anilines is 1. The molecule has 2 rings (SSSR count). The van der Waals surface area contributed by atoms with Crippen molar-refractivity contribution >= 4 is 17.6 Å². The number of carbonyl (C=O) groups is 2. The van der Waals surface area contributed by atoms with Crippen LogP contribution in [0, 0.1) is 6.92 Å². The number of ether oxygens (including phenoxy) is 3. The second kappa shape index (κ2) is 7.38. The van der Waals surface area contributed by atoms with Crippen LogP contribution in [0.3, 0.4) is 0 Å². The van der Waals surface area contributed by atoms with Crippen LogP contribution in [-0.2, 0) is 16.1 Å². The Balaban J connectivity index is 2.42. The Morgan fingerprint density at radius 1 is 1.33 bits per heavy atom. The van der Waals surface area contributed by atoms with Crippen molar-refractivity contribution in [1.29, 1.82) is 0 Å². The summed E-state index contributed by atoms with van der Waals surface area (Å²) >= 11 is 0. The SMILES string of the molecule is CC=C(C)CCC(=O)Oc1c(NC)c2c(c(C)c1OC)COC2=O. The van der Waals surface area contributed by atoms with Crippen LogP contribution >= 0.6 is 0 Å². The minimum Gasteiger partial charge on any atom is -0.492 e. The first-order valence-corrected chi connectivity index (χ1v) is 7.85. The molecular weight excluding hydrogens is 310 g/mol. The number of esters is 2. The fourth-order valence-electron chi connectivity index (χ4n) is 2.68. The number of benzene rings is 1. The molecule has 6 heteroatoms. The molecule has 1 aromatic carbocycles. The molecule has 0 amide bonds. The first-order valence-electron chi connectivity index (χ1n) is 7.85. The van der Waals surface area contributed by atoms with Crippen LogP contribution in [0.4, 0.5) is 5.69 Å². The number of fused-ring (bicyclic) bond motifs is 1. The lowest BCUT2D eigenvalue weighted by Gasteiger charge is -2.18. The minimum atomic E-state index is -0.429. The van der Waals surface area contributed by atoms with Gasteiger partial charge in [0.05, 0.1) is 18.4 Å². The predicted molar refractivity (Wildman–Crippen MR) is 90.7 cm³/mol. The van der Waals surface area contributed by atoms with E-state index in [2.05, 4.69) is 5.32 Å². The highest BCUT2D eigenvalue weighted by Crippen LogP contribution is 2.46. The predicted octanol–water partition coefficient (Wildman–Crippen LogP) is 3.37. The van der Waals surface area contributed by atoms with Crippen LogP contribution in [0.15, 0.2) is 11.6 Å². The number of hydrogen-bond acceptors (Lipinski definition) is 6. The van der Waals surface area contributed by atoms with Gasteiger partial charge in [0.2, 0.25) is 0 Å².